The van der Waals surface area contributed by atoms with E-state index in [2.05, 4.69) is 4.90 Å². The number of rotatable bonds is 10. The number of likely N-dealkylation sites (N-methyl/N-ethyl adjacent to an activating group) is 1. The van der Waals surface area contributed by atoms with Crippen LogP contribution in [-0.2, 0) is 9.59 Å². The summed E-state index contributed by atoms with van der Waals surface area (Å²) in [5.74, 6) is -0.432. The Hall–Kier alpha value is -1.83. The molecule has 8 heteroatoms. The van der Waals surface area contributed by atoms with Crippen LogP contribution in [0.15, 0.2) is 23.4 Å². The van der Waals surface area contributed by atoms with Gasteiger partial charge in [-0.2, -0.15) is 13.2 Å². The van der Waals surface area contributed by atoms with E-state index in [1.165, 1.54) is 23.9 Å². The van der Waals surface area contributed by atoms with Gasteiger partial charge in [0.1, 0.15) is 12.3 Å². The molecule has 2 N–H and O–H groups in total. The summed E-state index contributed by atoms with van der Waals surface area (Å²) in [6.07, 6.45) is 0.356. The highest BCUT2D eigenvalue weighted by atomic mass is 19.4. The van der Waals surface area contributed by atoms with Gasteiger partial charge in [-0.15, -0.1) is 0 Å². The van der Waals surface area contributed by atoms with Gasteiger partial charge in [-0.3, -0.25) is 9.59 Å². The average Bonchev–Trinajstić information content (AvgIpc) is 3.32. The van der Waals surface area contributed by atoms with Gasteiger partial charge in [0.15, 0.2) is 0 Å². The van der Waals surface area contributed by atoms with Crippen molar-refractivity contribution in [2.24, 2.45) is 17.1 Å². The quantitative estimate of drug-likeness (QED) is 0.347. The molecule has 1 spiro atoms. The fourth-order valence-electron chi connectivity index (χ4n) is 3.82. The third-order valence-electron chi connectivity index (χ3n) is 5.53. The third-order valence-corrected chi connectivity index (χ3v) is 5.53. The second-order valence-electron chi connectivity index (χ2n) is 8.54. The average molecular weight is 401 g/mol. The number of primary amides is 1. The molecule has 2 aliphatic rings. The Bertz CT molecular complexity index is 644. The SMILES string of the molecule is CC(C)CC(C(N)=O)N(C)/C=C(CCN1CC2(CC2)C1)\C(=C/C=O)C(F)(F)F. The van der Waals surface area contributed by atoms with E-state index in [-0.39, 0.29) is 24.2 Å². The summed E-state index contributed by atoms with van der Waals surface area (Å²) >= 11 is 0. The second kappa shape index (κ2) is 8.68. The fourth-order valence-corrected chi connectivity index (χ4v) is 3.82. The van der Waals surface area contributed by atoms with Crippen LogP contribution in [0.2, 0.25) is 0 Å². The molecule has 158 valence electrons. The van der Waals surface area contributed by atoms with Gasteiger partial charge in [-0.25, -0.2) is 0 Å². The number of halogens is 3. The molecule has 1 unspecified atom stereocenters. The van der Waals surface area contributed by atoms with Gasteiger partial charge in [0.2, 0.25) is 5.91 Å². The van der Waals surface area contributed by atoms with Crippen molar-refractivity contribution in [1.29, 1.82) is 0 Å². The van der Waals surface area contributed by atoms with E-state index in [1.807, 2.05) is 13.8 Å². The predicted molar refractivity (Wildman–Crippen MR) is 101 cm³/mol. The number of hydrogen-bond donors (Lipinski definition) is 1. The zero-order chi connectivity index (χ0) is 21.1. The molecule has 0 radical (unpaired) electrons. The molecule has 1 aliphatic carbocycles. The first-order chi connectivity index (χ1) is 13.0. The highest BCUT2D eigenvalue weighted by Gasteiger charge is 2.51. The fraction of sp³-hybridized carbons (Fsp3) is 0.700. The number of likely N-dealkylation sites (tertiary alicyclic amines) is 1. The number of aldehydes is 1. The number of carbonyl (C=O) groups is 2. The topological polar surface area (TPSA) is 66.6 Å². The predicted octanol–water partition coefficient (Wildman–Crippen LogP) is 2.88. The molecular formula is C20H30F3N3O2. The van der Waals surface area contributed by atoms with E-state index in [0.717, 1.165) is 13.1 Å². The lowest BCUT2D eigenvalue weighted by molar-refractivity contribution is -0.122. The lowest BCUT2D eigenvalue weighted by atomic mass is 9.95. The smallest absolute Gasteiger partial charge is 0.368 e. The Kier molecular flexibility index (Phi) is 6.96. The summed E-state index contributed by atoms with van der Waals surface area (Å²) in [4.78, 5) is 26.2. The Labute approximate surface area is 164 Å². The van der Waals surface area contributed by atoms with E-state index in [9.17, 15) is 22.8 Å². The lowest BCUT2D eigenvalue weighted by Crippen LogP contribution is -2.48. The summed E-state index contributed by atoms with van der Waals surface area (Å²) in [6.45, 7) is 6.16. The van der Waals surface area contributed by atoms with Crippen LogP contribution in [0.1, 0.15) is 39.5 Å². The van der Waals surface area contributed by atoms with Gasteiger partial charge in [0, 0.05) is 32.9 Å². The first-order valence-electron chi connectivity index (χ1n) is 9.65. The molecule has 0 aromatic carbocycles. The van der Waals surface area contributed by atoms with Crippen molar-refractivity contribution in [2.45, 2.75) is 51.7 Å². The van der Waals surface area contributed by atoms with Crippen LogP contribution in [0.4, 0.5) is 13.2 Å². The van der Waals surface area contributed by atoms with Gasteiger partial charge in [0.25, 0.3) is 0 Å². The Balaban J connectivity index is 2.21. The maximum atomic E-state index is 13.5. The minimum absolute atomic E-state index is 0.00569. The maximum absolute atomic E-state index is 13.5. The highest BCUT2D eigenvalue weighted by Crippen LogP contribution is 2.52. The minimum atomic E-state index is -4.65. The Morgan fingerprint density at radius 3 is 2.32 bits per heavy atom. The van der Waals surface area contributed by atoms with E-state index >= 15 is 0 Å². The van der Waals surface area contributed by atoms with Gasteiger partial charge < -0.3 is 15.5 Å². The monoisotopic (exact) mass is 401 g/mol. The zero-order valence-electron chi connectivity index (χ0n) is 16.8. The summed E-state index contributed by atoms with van der Waals surface area (Å²) in [6, 6.07) is -0.709. The summed E-state index contributed by atoms with van der Waals surface area (Å²) in [5, 5.41) is 0. The lowest BCUT2D eigenvalue weighted by Gasteiger charge is -2.40. The number of allylic oxidation sites excluding steroid dienone is 2. The number of carbonyl (C=O) groups excluding carboxylic acids is 2. The molecule has 1 saturated heterocycles. The van der Waals surface area contributed by atoms with Gasteiger partial charge in [-0.05, 0) is 48.7 Å². The molecule has 5 nitrogen and oxygen atoms in total. The molecule has 2 fully saturated rings. The van der Waals surface area contributed by atoms with Gasteiger partial charge in [-0.1, -0.05) is 13.8 Å². The summed E-state index contributed by atoms with van der Waals surface area (Å²) < 4.78 is 40.6. The van der Waals surface area contributed by atoms with Crippen molar-refractivity contribution >= 4 is 12.2 Å². The normalized spacial score (nSPS) is 20.8. The summed E-state index contributed by atoms with van der Waals surface area (Å²) in [7, 11) is 1.55. The molecule has 2 rings (SSSR count). The van der Waals surface area contributed by atoms with Crippen molar-refractivity contribution < 1.29 is 22.8 Å². The maximum Gasteiger partial charge on any atom is 0.416 e. The molecule has 1 saturated carbocycles. The van der Waals surface area contributed by atoms with E-state index in [4.69, 9.17) is 5.73 Å². The van der Waals surface area contributed by atoms with Crippen LogP contribution < -0.4 is 5.73 Å². The van der Waals surface area contributed by atoms with Crippen molar-refractivity contribution in [3.05, 3.63) is 23.4 Å². The van der Waals surface area contributed by atoms with Gasteiger partial charge >= 0.3 is 6.18 Å². The highest BCUT2D eigenvalue weighted by molar-refractivity contribution is 5.80. The van der Waals surface area contributed by atoms with Crippen LogP contribution in [0.25, 0.3) is 0 Å². The van der Waals surface area contributed by atoms with E-state index in [1.54, 1.807) is 7.05 Å². The van der Waals surface area contributed by atoms with Crippen molar-refractivity contribution in [3.63, 3.8) is 0 Å². The molecule has 0 aromatic heterocycles. The van der Waals surface area contributed by atoms with Crippen molar-refractivity contribution in [2.75, 3.05) is 26.7 Å². The van der Waals surface area contributed by atoms with Crippen molar-refractivity contribution in [3.8, 4) is 0 Å². The number of amides is 1. The molecule has 0 aromatic rings. The number of alkyl halides is 3. The number of nitrogens with two attached hydrogens (primary N) is 1. The van der Waals surface area contributed by atoms with Crippen LogP contribution in [0, 0.1) is 11.3 Å². The molecule has 1 atom stereocenters. The third kappa shape index (κ3) is 5.83. The number of nitrogens with zero attached hydrogens (tertiary/aromatic N) is 2. The molecular weight excluding hydrogens is 371 g/mol. The summed E-state index contributed by atoms with van der Waals surface area (Å²) in [5.41, 5.74) is 4.90. The first-order valence-corrected chi connectivity index (χ1v) is 9.65. The molecule has 0 bridgehead atoms. The molecule has 1 heterocycles. The van der Waals surface area contributed by atoms with Crippen LogP contribution in [0.3, 0.4) is 0 Å². The molecule has 1 amide bonds. The van der Waals surface area contributed by atoms with Gasteiger partial charge in [0.05, 0.1) is 5.57 Å². The van der Waals surface area contributed by atoms with Crippen LogP contribution in [0.5, 0.6) is 0 Å². The van der Waals surface area contributed by atoms with E-state index < -0.39 is 23.7 Å². The largest absolute Gasteiger partial charge is 0.416 e. The number of hydrogen-bond acceptors (Lipinski definition) is 4. The van der Waals surface area contributed by atoms with Crippen LogP contribution >= 0.6 is 0 Å². The van der Waals surface area contributed by atoms with Crippen LogP contribution in [-0.4, -0.2) is 60.9 Å². The van der Waals surface area contributed by atoms with Crippen molar-refractivity contribution in [1.82, 2.24) is 9.80 Å². The Morgan fingerprint density at radius 2 is 1.89 bits per heavy atom. The molecule has 28 heavy (non-hydrogen) atoms. The second-order valence-corrected chi connectivity index (χ2v) is 8.54. The standard InChI is InChI=1S/C20H30F3N3O2/c1-14(2)10-17(18(24)28)25(3)11-15(16(5-9-27)20(21,22)23)4-8-26-12-19(13-26)6-7-19/h5,9,11,14,17H,4,6-8,10,12-13H2,1-3H3,(H2,24,28)/b15-11-,16-5+. The first kappa shape index (κ1) is 22.5. The zero-order valence-corrected chi connectivity index (χ0v) is 16.8. The molecule has 1 aliphatic heterocycles. The minimum Gasteiger partial charge on any atom is -0.368 e. The Morgan fingerprint density at radius 1 is 1.29 bits per heavy atom. The van der Waals surface area contributed by atoms with E-state index in [0.29, 0.717) is 24.5 Å².